The summed E-state index contributed by atoms with van der Waals surface area (Å²) in [4.78, 5) is 24.5. The summed E-state index contributed by atoms with van der Waals surface area (Å²) in [7, 11) is 0. The van der Waals surface area contributed by atoms with Crippen molar-refractivity contribution in [1.29, 1.82) is 0 Å². The maximum Gasteiger partial charge on any atom is 0.317 e. The Hall–Kier alpha value is -2.50. The second-order valence-corrected chi connectivity index (χ2v) is 5.19. The van der Waals surface area contributed by atoms with Crippen molar-refractivity contribution in [2.24, 2.45) is 5.92 Å². The standard InChI is InChI=1S/C15H16N2O4/c18-14(19)10-5-6-17(8-10)15(20)16-7-11-9-21-13-4-2-1-3-12(11)13/h1-4,9-10H,5-8H2,(H,16,20)(H,18,19). The topological polar surface area (TPSA) is 82.8 Å². The van der Waals surface area contributed by atoms with Crippen LogP contribution in [-0.4, -0.2) is 35.1 Å². The molecule has 0 bridgehead atoms. The molecule has 2 amide bonds. The molecule has 1 aromatic carbocycles. The Morgan fingerprint density at radius 2 is 2.19 bits per heavy atom. The van der Waals surface area contributed by atoms with E-state index in [1.807, 2.05) is 24.3 Å². The molecule has 2 aromatic rings. The molecule has 1 aliphatic heterocycles. The highest BCUT2D eigenvalue weighted by molar-refractivity contribution is 5.82. The smallest absolute Gasteiger partial charge is 0.317 e. The number of nitrogens with one attached hydrogen (secondary N) is 1. The number of rotatable bonds is 3. The van der Waals surface area contributed by atoms with Crippen LogP contribution in [0, 0.1) is 5.92 Å². The molecule has 1 aromatic heterocycles. The Morgan fingerprint density at radius 3 is 2.95 bits per heavy atom. The van der Waals surface area contributed by atoms with Crippen molar-refractivity contribution >= 4 is 23.0 Å². The molecule has 1 unspecified atom stereocenters. The fraction of sp³-hybridized carbons (Fsp3) is 0.333. The van der Waals surface area contributed by atoms with Gasteiger partial charge in [0.1, 0.15) is 5.58 Å². The molecule has 1 aliphatic rings. The molecule has 2 heterocycles. The number of benzene rings is 1. The van der Waals surface area contributed by atoms with E-state index in [4.69, 9.17) is 9.52 Å². The Balaban J connectivity index is 1.60. The number of amides is 2. The number of para-hydroxylation sites is 1. The highest BCUT2D eigenvalue weighted by Crippen LogP contribution is 2.21. The van der Waals surface area contributed by atoms with E-state index in [0.717, 1.165) is 16.5 Å². The average Bonchev–Trinajstić information content (AvgIpc) is 3.12. The van der Waals surface area contributed by atoms with Crippen molar-refractivity contribution in [2.45, 2.75) is 13.0 Å². The van der Waals surface area contributed by atoms with Gasteiger partial charge in [0.2, 0.25) is 0 Å². The van der Waals surface area contributed by atoms with Crippen molar-refractivity contribution in [3.63, 3.8) is 0 Å². The summed E-state index contributed by atoms with van der Waals surface area (Å²) in [5, 5.41) is 12.7. The van der Waals surface area contributed by atoms with E-state index in [9.17, 15) is 9.59 Å². The number of fused-ring (bicyclic) bond motifs is 1. The first-order chi connectivity index (χ1) is 10.1. The van der Waals surface area contributed by atoms with Gasteiger partial charge in [-0.25, -0.2) is 4.79 Å². The van der Waals surface area contributed by atoms with Crippen LogP contribution in [0.2, 0.25) is 0 Å². The summed E-state index contributed by atoms with van der Waals surface area (Å²) in [5.74, 6) is -1.29. The number of carbonyl (C=O) groups excluding carboxylic acids is 1. The van der Waals surface area contributed by atoms with Crippen molar-refractivity contribution in [2.75, 3.05) is 13.1 Å². The van der Waals surface area contributed by atoms with Gasteiger partial charge in [-0.1, -0.05) is 18.2 Å². The number of carboxylic acids is 1. The second kappa shape index (κ2) is 5.47. The highest BCUT2D eigenvalue weighted by atomic mass is 16.4. The third-order valence-corrected chi connectivity index (χ3v) is 3.82. The van der Waals surface area contributed by atoms with E-state index in [2.05, 4.69) is 5.32 Å². The molecule has 6 nitrogen and oxygen atoms in total. The Bertz CT molecular complexity index is 679. The van der Waals surface area contributed by atoms with E-state index >= 15 is 0 Å². The molecule has 0 aliphatic carbocycles. The Kier molecular flexibility index (Phi) is 3.51. The second-order valence-electron chi connectivity index (χ2n) is 5.19. The number of likely N-dealkylation sites (tertiary alicyclic amines) is 1. The zero-order valence-corrected chi connectivity index (χ0v) is 11.4. The normalized spacial score (nSPS) is 18.1. The number of hydrogen-bond acceptors (Lipinski definition) is 3. The van der Waals surface area contributed by atoms with Gasteiger partial charge in [-0.15, -0.1) is 0 Å². The van der Waals surface area contributed by atoms with E-state index < -0.39 is 11.9 Å². The van der Waals surface area contributed by atoms with E-state index in [1.165, 1.54) is 0 Å². The number of furan rings is 1. The van der Waals surface area contributed by atoms with Gasteiger partial charge < -0.3 is 19.7 Å². The number of nitrogens with zero attached hydrogens (tertiary/aromatic N) is 1. The minimum absolute atomic E-state index is 0.232. The van der Waals surface area contributed by atoms with Gasteiger partial charge in [0, 0.05) is 30.6 Å². The molecule has 6 heteroatoms. The predicted molar refractivity (Wildman–Crippen MR) is 75.8 cm³/mol. The zero-order valence-electron chi connectivity index (χ0n) is 11.4. The van der Waals surface area contributed by atoms with Crippen molar-refractivity contribution in [3.8, 4) is 0 Å². The summed E-state index contributed by atoms with van der Waals surface area (Å²) in [6.07, 6.45) is 2.15. The molecule has 1 fully saturated rings. The molecule has 2 N–H and O–H groups in total. The largest absolute Gasteiger partial charge is 0.481 e. The highest BCUT2D eigenvalue weighted by Gasteiger charge is 2.30. The van der Waals surface area contributed by atoms with Crippen LogP contribution in [0.4, 0.5) is 4.79 Å². The minimum Gasteiger partial charge on any atom is -0.481 e. The molecule has 0 saturated carbocycles. The van der Waals surface area contributed by atoms with E-state index in [1.54, 1.807) is 11.2 Å². The number of carboxylic acid groups (broad SMARTS) is 1. The van der Waals surface area contributed by atoms with Gasteiger partial charge in [-0.2, -0.15) is 0 Å². The number of aliphatic carboxylic acids is 1. The lowest BCUT2D eigenvalue weighted by molar-refractivity contribution is -0.141. The first-order valence-electron chi connectivity index (χ1n) is 6.86. The van der Waals surface area contributed by atoms with E-state index in [0.29, 0.717) is 19.5 Å². The van der Waals surface area contributed by atoms with Crippen LogP contribution >= 0.6 is 0 Å². The molecule has 1 atom stereocenters. The van der Waals surface area contributed by atoms with Gasteiger partial charge in [0.25, 0.3) is 0 Å². The van der Waals surface area contributed by atoms with Crippen LogP contribution in [0.25, 0.3) is 11.0 Å². The lowest BCUT2D eigenvalue weighted by Crippen LogP contribution is -2.38. The lowest BCUT2D eigenvalue weighted by atomic mass is 10.1. The van der Waals surface area contributed by atoms with Crippen LogP contribution in [0.15, 0.2) is 34.9 Å². The number of carbonyl (C=O) groups is 2. The van der Waals surface area contributed by atoms with Gasteiger partial charge in [0.05, 0.1) is 12.2 Å². The first-order valence-corrected chi connectivity index (χ1v) is 6.86. The predicted octanol–water partition coefficient (Wildman–Crippen LogP) is 2.05. The summed E-state index contributed by atoms with van der Waals surface area (Å²) in [6, 6.07) is 7.39. The van der Waals surface area contributed by atoms with Gasteiger partial charge in [-0.3, -0.25) is 4.79 Å². The summed E-state index contributed by atoms with van der Waals surface area (Å²) in [6.45, 7) is 1.12. The number of urea groups is 1. The van der Waals surface area contributed by atoms with Gasteiger partial charge >= 0.3 is 12.0 Å². The molecule has 3 rings (SSSR count). The fourth-order valence-electron chi connectivity index (χ4n) is 2.60. The summed E-state index contributed by atoms with van der Waals surface area (Å²) in [5.41, 5.74) is 1.70. The van der Waals surface area contributed by atoms with Crippen molar-refractivity contribution in [1.82, 2.24) is 10.2 Å². The van der Waals surface area contributed by atoms with Crippen molar-refractivity contribution < 1.29 is 19.1 Å². The molecule has 0 spiro atoms. The van der Waals surface area contributed by atoms with Crippen LogP contribution in [0.1, 0.15) is 12.0 Å². The molecule has 21 heavy (non-hydrogen) atoms. The van der Waals surface area contributed by atoms with Crippen LogP contribution in [0.3, 0.4) is 0 Å². The Labute approximate surface area is 121 Å². The Morgan fingerprint density at radius 1 is 1.38 bits per heavy atom. The first kappa shape index (κ1) is 13.5. The molecule has 110 valence electrons. The van der Waals surface area contributed by atoms with E-state index in [-0.39, 0.29) is 12.6 Å². The zero-order chi connectivity index (χ0) is 14.8. The van der Waals surface area contributed by atoms with Crippen LogP contribution < -0.4 is 5.32 Å². The monoisotopic (exact) mass is 288 g/mol. The maximum atomic E-state index is 12.0. The molecular formula is C15H16N2O4. The number of hydrogen-bond donors (Lipinski definition) is 2. The summed E-state index contributed by atoms with van der Waals surface area (Å²) < 4.78 is 5.41. The van der Waals surface area contributed by atoms with Gasteiger partial charge in [0.15, 0.2) is 0 Å². The van der Waals surface area contributed by atoms with Gasteiger partial charge in [-0.05, 0) is 12.5 Å². The van der Waals surface area contributed by atoms with Crippen LogP contribution in [-0.2, 0) is 11.3 Å². The SMILES string of the molecule is O=C(O)C1CCN(C(=O)NCc2coc3ccccc23)C1. The average molecular weight is 288 g/mol. The molecule has 1 saturated heterocycles. The minimum atomic E-state index is -0.842. The lowest BCUT2D eigenvalue weighted by Gasteiger charge is -2.16. The van der Waals surface area contributed by atoms with Crippen molar-refractivity contribution in [3.05, 3.63) is 36.1 Å². The molecule has 0 radical (unpaired) electrons. The summed E-state index contributed by atoms with van der Waals surface area (Å²) >= 11 is 0. The van der Waals surface area contributed by atoms with Crippen LogP contribution in [0.5, 0.6) is 0 Å². The molecular weight excluding hydrogens is 272 g/mol. The maximum absolute atomic E-state index is 12.0. The quantitative estimate of drug-likeness (QED) is 0.905. The third-order valence-electron chi connectivity index (χ3n) is 3.82. The fourth-order valence-corrected chi connectivity index (χ4v) is 2.60. The third kappa shape index (κ3) is 2.69.